The Labute approximate surface area is 104 Å². The van der Waals surface area contributed by atoms with E-state index >= 15 is 0 Å². The highest BCUT2D eigenvalue weighted by Crippen LogP contribution is 2.51. The molecule has 3 atom stereocenters. The number of hydrogen-bond acceptors (Lipinski definition) is 0. The minimum Gasteiger partial charge on any atom is -0.117 e. The molecule has 2 aliphatic rings. The van der Waals surface area contributed by atoms with Gasteiger partial charge in [0.15, 0.2) is 0 Å². The van der Waals surface area contributed by atoms with Gasteiger partial charge < -0.3 is 0 Å². The van der Waals surface area contributed by atoms with Crippen molar-refractivity contribution < 1.29 is 0 Å². The molecule has 0 saturated heterocycles. The van der Waals surface area contributed by atoms with Gasteiger partial charge in [-0.05, 0) is 52.7 Å². The van der Waals surface area contributed by atoms with E-state index in [1.54, 1.807) is 0 Å². The summed E-state index contributed by atoms with van der Waals surface area (Å²) < 4.78 is 0. The van der Waals surface area contributed by atoms with E-state index in [1.807, 2.05) is 0 Å². The molecule has 0 N–H and O–H groups in total. The maximum atomic E-state index is 6.59. The molecule has 0 saturated carbocycles. The van der Waals surface area contributed by atoms with Gasteiger partial charge in [0, 0.05) is 11.8 Å². The molecular weight excluding hydrogens is 216 g/mol. The smallest absolute Gasteiger partial charge is 0.0619 e. The van der Waals surface area contributed by atoms with Crippen LogP contribution in [0.2, 0.25) is 0 Å². The molecule has 0 spiro atoms. The number of alkyl halides is 1. The zero-order chi connectivity index (χ0) is 12.2. The van der Waals surface area contributed by atoms with Crippen molar-refractivity contribution in [1.29, 1.82) is 0 Å². The Morgan fingerprint density at radius 1 is 0.688 bits per heavy atom. The van der Waals surface area contributed by atoms with Gasteiger partial charge in [0.2, 0.25) is 0 Å². The predicted molar refractivity (Wildman–Crippen MR) is 71.7 cm³/mol. The molecule has 1 heteroatoms. The van der Waals surface area contributed by atoms with Crippen LogP contribution in [0.5, 0.6) is 0 Å². The summed E-state index contributed by atoms with van der Waals surface area (Å²) in [5.41, 5.74) is 8.81. The molecule has 0 bridgehead atoms. The quantitative estimate of drug-likeness (QED) is 0.416. The first-order chi connectivity index (χ1) is 7.37. The van der Waals surface area contributed by atoms with Crippen LogP contribution in [-0.4, -0.2) is 5.38 Å². The van der Waals surface area contributed by atoms with Gasteiger partial charge in [-0.1, -0.05) is 22.3 Å². The molecule has 0 amide bonds. The second-order valence-corrected chi connectivity index (χ2v) is 5.86. The Kier molecular flexibility index (Phi) is 2.82. The maximum Gasteiger partial charge on any atom is 0.0619 e. The van der Waals surface area contributed by atoms with Crippen molar-refractivity contribution in [1.82, 2.24) is 0 Å². The van der Waals surface area contributed by atoms with Crippen molar-refractivity contribution >= 4 is 11.6 Å². The summed E-state index contributed by atoms with van der Waals surface area (Å²) in [5, 5.41) is 0.197. The third kappa shape index (κ3) is 1.35. The fourth-order valence-corrected chi connectivity index (χ4v) is 3.82. The Morgan fingerprint density at radius 2 is 1.19 bits per heavy atom. The van der Waals surface area contributed by atoms with Gasteiger partial charge in [0.25, 0.3) is 0 Å². The number of hydrogen-bond donors (Lipinski definition) is 0. The van der Waals surface area contributed by atoms with Crippen LogP contribution < -0.4 is 0 Å². The van der Waals surface area contributed by atoms with Crippen LogP contribution in [0.25, 0.3) is 0 Å². The van der Waals surface area contributed by atoms with Crippen LogP contribution in [0.15, 0.2) is 33.4 Å². The molecule has 2 rings (SSSR count). The van der Waals surface area contributed by atoms with Crippen LogP contribution in [0.4, 0.5) is 0 Å². The average Bonchev–Trinajstić information content (AvgIpc) is 2.48. The lowest BCUT2D eigenvalue weighted by molar-refractivity contribution is 0.511. The summed E-state index contributed by atoms with van der Waals surface area (Å²) in [6.07, 6.45) is 0. The lowest BCUT2D eigenvalue weighted by Gasteiger charge is -2.33. The molecule has 0 aliphatic heterocycles. The predicted octanol–water partition coefficient (Wildman–Crippen LogP) is 4.86. The standard InChI is InChI=1S/C15H21Cl/c1-7-8(2)10(4)14-13(9(7)3)11(5)12(6)15(14)16/h13-15H,1-6H3. The van der Waals surface area contributed by atoms with Gasteiger partial charge in [-0.15, -0.1) is 11.6 Å². The first kappa shape index (κ1) is 12.0. The lowest BCUT2D eigenvalue weighted by atomic mass is 9.73. The van der Waals surface area contributed by atoms with Gasteiger partial charge in [-0.25, -0.2) is 0 Å². The second kappa shape index (κ2) is 3.77. The SMILES string of the molecule is CC1=C(C)C2C(C)=C(C)C(Cl)C2C(C)=C1C. The zero-order valence-corrected chi connectivity index (χ0v) is 11.9. The molecule has 88 valence electrons. The molecule has 2 aliphatic carbocycles. The van der Waals surface area contributed by atoms with Crippen molar-refractivity contribution in [3.05, 3.63) is 33.4 Å². The summed E-state index contributed by atoms with van der Waals surface area (Å²) in [6.45, 7) is 13.4. The Bertz CT molecular complexity index is 434. The molecule has 0 heterocycles. The summed E-state index contributed by atoms with van der Waals surface area (Å²) in [6, 6.07) is 0. The molecule has 0 aromatic heterocycles. The van der Waals surface area contributed by atoms with E-state index in [-0.39, 0.29) is 5.38 Å². The fraction of sp³-hybridized carbons (Fsp3) is 0.600. The van der Waals surface area contributed by atoms with Crippen molar-refractivity contribution in [2.24, 2.45) is 11.8 Å². The highest BCUT2D eigenvalue weighted by atomic mass is 35.5. The third-order valence-electron chi connectivity index (χ3n) is 4.89. The summed E-state index contributed by atoms with van der Waals surface area (Å²) >= 11 is 6.59. The largest absolute Gasteiger partial charge is 0.117 e. The zero-order valence-electron chi connectivity index (χ0n) is 11.1. The minimum absolute atomic E-state index is 0.197. The van der Waals surface area contributed by atoms with Crippen LogP contribution in [0.3, 0.4) is 0 Å². The number of halogens is 1. The number of fused-ring (bicyclic) bond motifs is 1. The fourth-order valence-electron chi connectivity index (χ4n) is 3.31. The first-order valence-corrected chi connectivity index (χ1v) is 6.48. The first-order valence-electron chi connectivity index (χ1n) is 6.04. The highest BCUT2D eigenvalue weighted by molar-refractivity contribution is 6.23. The van der Waals surface area contributed by atoms with Crippen LogP contribution in [0, 0.1) is 11.8 Å². The minimum atomic E-state index is 0.197. The molecule has 16 heavy (non-hydrogen) atoms. The molecule has 0 radical (unpaired) electrons. The van der Waals surface area contributed by atoms with Crippen molar-refractivity contribution in [3.63, 3.8) is 0 Å². The average molecular weight is 237 g/mol. The van der Waals surface area contributed by atoms with Gasteiger partial charge >= 0.3 is 0 Å². The van der Waals surface area contributed by atoms with Crippen molar-refractivity contribution in [2.75, 3.05) is 0 Å². The highest BCUT2D eigenvalue weighted by Gasteiger charge is 2.42. The van der Waals surface area contributed by atoms with Crippen molar-refractivity contribution in [3.8, 4) is 0 Å². The second-order valence-electron chi connectivity index (χ2n) is 5.39. The van der Waals surface area contributed by atoms with Gasteiger partial charge in [-0.2, -0.15) is 0 Å². The maximum absolute atomic E-state index is 6.59. The van der Waals surface area contributed by atoms with Gasteiger partial charge in [0.05, 0.1) is 5.38 Å². The molecule has 0 aromatic carbocycles. The Morgan fingerprint density at radius 3 is 1.75 bits per heavy atom. The van der Waals surface area contributed by atoms with Crippen molar-refractivity contribution in [2.45, 2.75) is 46.9 Å². The summed E-state index contributed by atoms with van der Waals surface area (Å²) in [4.78, 5) is 0. The van der Waals surface area contributed by atoms with E-state index in [0.717, 1.165) is 0 Å². The lowest BCUT2D eigenvalue weighted by Crippen LogP contribution is -2.25. The monoisotopic (exact) mass is 236 g/mol. The molecule has 0 nitrogen and oxygen atoms in total. The number of allylic oxidation sites excluding steroid dienone is 6. The van der Waals surface area contributed by atoms with Crippen LogP contribution in [-0.2, 0) is 0 Å². The Hall–Kier alpha value is -0.490. The van der Waals surface area contributed by atoms with E-state index < -0.39 is 0 Å². The van der Waals surface area contributed by atoms with Gasteiger partial charge in [-0.3, -0.25) is 0 Å². The Balaban J connectivity index is 2.61. The van der Waals surface area contributed by atoms with E-state index in [9.17, 15) is 0 Å². The third-order valence-corrected chi connectivity index (χ3v) is 5.49. The van der Waals surface area contributed by atoms with Crippen LogP contribution >= 0.6 is 11.6 Å². The van der Waals surface area contributed by atoms with Crippen LogP contribution in [0.1, 0.15) is 41.5 Å². The normalized spacial score (nSPS) is 35.1. The van der Waals surface area contributed by atoms with E-state index in [4.69, 9.17) is 11.6 Å². The molecular formula is C15H21Cl. The summed E-state index contributed by atoms with van der Waals surface area (Å²) in [5.74, 6) is 1.07. The van der Waals surface area contributed by atoms with E-state index in [1.165, 1.54) is 33.4 Å². The summed E-state index contributed by atoms with van der Waals surface area (Å²) in [7, 11) is 0. The van der Waals surface area contributed by atoms with E-state index in [0.29, 0.717) is 11.8 Å². The topological polar surface area (TPSA) is 0 Å². The van der Waals surface area contributed by atoms with Gasteiger partial charge in [0.1, 0.15) is 0 Å². The molecule has 3 unspecified atom stereocenters. The molecule has 0 aromatic rings. The number of rotatable bonds is 0. The molecule has 0 fully saturated rings. The van der Waals surface area contributed by atoms with E-state index in [2.05, 4.69) is 41.5 Å².